The smallest absolute Gasteiger partial charge is 0.124 e. The molecule has 3 aromatic rings. The second-order valence-electron chi connectivity index (χ2n) is 6.97. The Kier molecular flexibility index (Phi) is 5.65. The van der Waals surface area contributed by atoms with E-state index in [-0.39, 0.29) is 23.4 Å². The molecule has 1 aliphatic rings. The van der Waals surface area contributed by atoms with E-state index >= 15 is 0 Å². The Morgan fingerprint density at radius 1 is 0.786 bits per heavy atom. The molecule has 0 N–H and O–H groups in total. The van der Waals surface area contributed by atoms with E-state index < -0.39 is 0 Å². The number of allylic oxidation sites excluding steroid dienone is 4. The standard InChI is InChI=1S/C22H14BBr3F2/c23-19-9-13(27)1-3-15(19)17-5-11-8-21(25)18(6-12(11)7-20(17)24)16-4-2-14(28)10-22(16)26/h1-10,15,19H,23H2. The summed E-state index contributed by atoms with van der Waals surface area (Å²) in [5.74, 6) is -0.266. The molecule has 0 amide bonds. The average Bonchev–Trinajstić information content (AvgIpc) is 2.62. The second kappa shape index (κ2) is 7.89. The van der Waals surface area contributed by atoms with Gasteiger partial charge in [0.05, 0.1) is 0 Å². The fourth-order valence-corrected chi connectivity index (χ4v) is 5.41. The summed E-state index contributed by atoms with van der Waals surface area (Å²) in [6.45, 7) is 0. The molecule has 2 atom stereocenters. The average molecular weight is 567 g/mol. The van der Waals surface area contributed by atoms with Crippen molar-refractivity contribution in [2.75, 3.05) is 0 Å². The topological polar surface area (TPSA) is 0 Å². The number of benzene rings is 3. The predicted octanol–water partition coefficient (Wildman–Crippen LogP) is 7.86. The molecular weight excluding hydrogens is 553 g/mol. The molecule has 0 saturated carbocycles. The van der Waals surface area contributed by atoms with Crippen LogP contribution in [0.5, 0.6) is 0 Å². The van der Waals surface area contributed by atoms with E-state index in [1.165, 1.54) is 18.2 Å². The number of hydrogen-bond donors (Lipinski definition) is 0. The summed E-state index contributed by atoms with van der Waals surface area (Å²) in [5, 5.41) is 2.15. The summed E-state index contributed by atoms with van der Waals surface area (Å²) in [6.07, 6.45) is 5.11. The maximum atomic E-state index is 13.5. The van der Waals surface area contributed by atoms with Crippen molar-refractivity contribution in [2.24, 2.45) is 0 Å². The molecule has 3 aromatic carbocycles. The Bertz CT molecular complexity index is 1150. The Labute approximate surface area is 188 Å². The Hall–Kier alpha value is -1.24. The maximum absolute atomic E-state index is 13.5. The summed E-state index contributed by atoms with van der Waals surface area (Å²) in [6, 6.07) is 13.1. The van der Waals surface area contributed by atoms with Crippen LogP contribution < -0.4 is 0 Å². The summed E-state index contributed by atoms with van der Waals surface area (Å²) in [4.78, 5) is 0. The van der Waals surface area contributed by atoms with Crippen molar-refractivity contribution in [3.63, 3.8) is 0 Å². The number of rotatable bonds is 2. The number of halogens is 5. The van der Waals surface area contributed by atoms with Gasteiger partial charge in [-0.25, -0.2) is 8.78 Å². The minimum atomic E-state index is -0.278. The fraction of sp³-hybridized carbons (Fsp3) is 0.0909. The molecule has 0 saturated heterocycles. The first-order valence-electron chi connectivity index (χ1n) is 8.77. The first-order valence-corrected chi connectivity index (χ1v) is 11.1. The zero-order chi connectivity index (χ0) is 20.0. The lowest BCUT2D eigenvalue weighted by Crippen LogP contribution is -2.07. The zero-order valence-electron chi connectivity index (χ0n) is 14.8. The van der Waals surface area contributed by atoms with Gasteiger partial charge in [-0.05, 0) is 75.8 Å². The molecule has 2 unspecified atom stereocenters. The lowest BCUT2D eigenvalue weighted by molar-refractivity contribution is 0.627. The van der Waals surface area contributed by atoms with Gasteiger partial charge in [0.25, 0.3) is 0 Å². The highest BCUT2D eigenvalue weighted by molar-refractivity contribution is 9.11. The number of fused-ring (bicyclic) bond motifs is 1. The van der Waals surface area contributed by atoms with Crippen molar-refractivity contribution in [1.29, 1.82) is 0 Å². The van der Waals surface area contributed by atoms with E-state index in [0.29, 0.717) is 4.47 Å². The molecule has 0 aromatic heterocycles. The summed E-state index contributed by atoms with van der Waals surface area (Å²) in [5.41, 5.74) is 3.03. The van der Waals surface area contributed by atoms with Crippen LogP contribution in [0.2, 0.25) is 5.82 Å². The van der Waals surface area contributed by atoms with Gasteiger partial charge in [0, 0.05) is 19.3 Å². The minimum absolute atomic E-state index is 0.0802. The van der Waals surface area contributed by atoms with Gasteiger partial charge in [-0.3, -0.25) is 0 Å². The van der Waals surface area contributed by atoms with Gasteiger partial charge in [-0.15, -0.1) is 0 Å². The summed E-state index contributed by atoms with van der Waals surface area (Å²) >= 11 is 10.8. The fourth-order valence-electron chi connectivity index (χ4n) is 3.65. The normalized spacial score (nSPS) is 19.1. The molecule has 0 bridgehead atoms. The van der Waals surface area contributed by atoms with Crippen LogP contribution in [-0.2, 0) is 0 Å². The van der Waals surface area contributed by atoms with Gasteiger partial charge in [-0.2, -0.15) is 0 Å². The third kappa shape index (κ3) is 3.79. The predicted molar refractivity (Wildman–Crippen MR) is 126 cm³/mol. The lowest BCUT2D eigenvalue weighted by Gasteiger charge is -2.23. The zero-order valence-corrected chi connectivity index (χ0v) is 19.6. The quantitative estimate of drug-likeness (QED) is 0.277. The third-order valence-electron chi connectivity index (χ3n) is 5.07. The number of hydrogen-bond acceptors (Lipinski definition) is 0. The first kappa shape index (κ1) is 20.1. The van der Waals surface area contributed by atoms with Crippen molar-refractivity contribution < 1.29 is 8.78 Å². The highest BCUT2D eigenvalue weighted by atomic mass is 79.9. The molecule has 0 aliphatic heterocycles. The highest BCUT2D eigenvalue weighted by Gasteiger charge is 2.22. The minimum Gasteiger partial charge on any atom is -0.207 e. The molecular formula is C22H14BBr3F2. The van der Waals surface area contributed by atoms with Gasteiger partial charge in [0.2, 0.25) is 0 Å². The van der Waals surface area contributed by atoms with Crippen molar-refractivity contribution in [3.05, 3.63) is 91.3 Å². The summed E-state index contributed by atoms with van der Waals surface area (Å²) < 4.78 is 29.6. The van der Waals surface area contributed by atoms with E-state index in [9.17, 15) is 8.78 Å². The van der Waals surface area contributed by atoms with Gasteiger partial charge >= 0.3 is 0 Å². The van der Waals surface area contributed by atoms with E-state index in [2.05, 4.69) is 72.1 Å². The van der Waals surface area contributed by atoms with E-state index in [4.69, 9.17) is 0 Å². The monoisotopic (exact) mass is 564 g/mol. The SMILES string of the molecule is BC1C=C(F)C=CC1c1cc2cc(Br)c(-c3ccc(F)cc3Br)cc2cc1Br. The second-order valence-corrected chi connectivity index (χ2v) is 9.54. The van der Waals surface area contributed by atoms with Gasteiger partial charge < -0.3 is 0 Å². The van der Waals surface area contributed by atoms with Crippen LogP contribution in [0.4, 0.5) is 8.78 Å². The maximum Gasteiger partial charge on any atom is 0.124 e. The van der Waals surface area contributed by atoms with E-state index in [1.54, 1.807) is 12.1 Å². The van der Waals surface area contributed by atoms with Gasteiger partial charge in [0.1, 0.15) is 19.5 Å². The first-order chi connectivity index (χ1) is 13.3. The van der Waals surface area contributed by atoms with Crippen molar-refractivity contribution in [1.82, 2.24) is 0 Å². The van der Waals surface area contributed by atoms with Crippen LogP contribution >= 0.6 is 47.8 Å². The van der Waals surface area contributed by atoms with Gasteiger partial charge in [-0.1, -0.05) is 66.0 Å². The Morgan fingerprint density at radius 3 is 2.18 bits per heavy atom. The van der Waals surface area contributed by atoms with Crippen LogP contribution in [-0.4, -0.2) is 7.85 Å². The van der Waals surface area contributed by atoms with Crippen LogP contribution in [0.1, 0.15) is 11.5 Å². The molecule has 140 valence electrons. The van der Waals surface area contributed by atoms with Crippen LogP contribution in [0.3, 0.4) is 0 Å². The van der Waals surface area contributed by atoms with Crippen LogP contribution in [0, 0.1) is 5.82 Å². The van der Waals surface area contributed by atoms with E-state index in [0.717, 1.165) is 36.4 Å². The van der Waals surface area contributed by atoms with Crippen molar-refractivity contribution >= 4 is 66.4 Å². The Morgan fingerprint density at radius 2 is 1.46 bits per heavy atom. The molecule has 0 spiro atoms. The van der Waals surface area contributed by atoms with Gasteiger partial charge in [0.15, 0.2) is 0 Å². The van der Waals surface area contributed by atoms with E-state index in [1.807, 2.05) is 13.9 Å². The van der Waals surface area contributed by atoms with Crippen molar-refractivity contribution in [2.45, 2.75) is 11.7 Å². The third-order valence-corrected chi connectivity index (χ3v) is 7.07. The molecule has 4 rings (SSSR count). The molecule has 0 radical (unpaired) electrons. The van der Waals surface area contributed by atoms with Crippen molar-refractivity contribution in [3.8, 4) is 11.1 Å². The largest absolute Gasteiger partial charge is 0.207 e. The molecule has 0 nitrogen and oxygen atoms in total. The highest BCUT2D eigenvalue weighted by Crippen LogP contribution is 2.42. The molecule has 28 heavy (non-hydrogen) atoms. The molecule has 6 heteroatoms. The van der Waals surface area contributed by atoms with Crippen LogP contribution in [0.15, 0.2) is 79.9 Å². The Balaban J connectivity index is 1.83. The summed E-state index contributed by atoms with van der Waals surface area (Å²) in [7, 11) is 2.02. The molecule has 0 heterocycles. The lowest BCUT2D eigenvalue weighted by atomic mass is 9.71. The molecule has 1 aliphatic carbocycles. The molecule has 0 fully saturated rings. The van der Waals surface area contributed by atoms with Crippen LogP contribution in [0.25, 0.3) is 21.9 Å².